The summed E-state index contributed by atoms with van der Waals surface area (Å²) in [4.78, 5) is 0. The van der Waals surface area contributed by atoms with Crippen molar-refractivity contribution in [3.8, 4) is 0 Å². The summed E-state index contributed by atoms with van der Waals surface area (Å²) < 4.78 is 0. The van der Waals surface area contributed by atoms with Crippen LogP contribution in [0.5, 0.6) is 0 Å². The van der Waals surface area contributed by atoms with Gasteiger partial charge < -0.3 is 0 Å². The minimum Gasteiger partial charge on any atom is -0.165 e. The molecule has 0 bridgehead atoms. The van der Waals surface area contributed by atoms with Crippen molar-refractivity contribution in [3.05, 3.63) is 83.9 Å². The van der Waals surface area contributed by atoms with Crippen LogP contribution in [0.3, 0.4) is 0 Å². The Balaban J connectivity index is 0.000000239. The van der Waals surface area contributed by atoms with Gasteiger partial charge in [-0.3, -0.25) is 0 Å². The van der Waals surface area contributed by atoms with E-state index in [1.807, 2.05) is 0 Å². The first-order valence-corrected chi connectivity index (χ1v) is 11.9. The van der Waals surface area contributed by atoms with Crippen molar-refractivity contribution in [2.45, 2.75) is 52.6 Å². The van der Waals surface area contributed by atoms with Gasteiger partial charge in [0.25, 0.3) is 0 Å². The second-order valence-corrected chi connectivity index (χ2v) is 8.64. The molecule has 28 heavy (non-hydrogen) atoms. The normalized spacial score (nSPS) is 10.3. The molecule has 2 radical (unpaired) electrons. The van der Waals surface area contributed by atoms with E-state index in [-0.39, 0.29) is 25.8 Å². The van der Waals surface area contributed by atoms with Crippen LogP contribution in [0.15, 0.2) is 72.8 Å². The third-order valence-electron chi connectivity index (χ3n) is 4.61. The summed E-state index contributed by atoms with van der Waals surface area (Å²) in [5.41, 5.74) is 2.88. The topological polar surface area (TPSA) is 0 Å². The molecule has 0 aliphatic rings. The van der Waals surface area contributed by atoms with E-state index in [2.05, 4.69) is 114 Å². The van der Waals surface area contributed by atoms with Crippen molar-refractivity contribution in [1.82, 2.24) is 0 Å². The minimum atomic E-state index is 0. The summed E-state index contributed by atoms with van der Waals surface area (Å²) in [6.07, 6.45) is 0. The molecule has 0 fully saturated rings. The van der Waals surface area contributed by atoms with Crippen LogP contribution >= 0.6 is 0 Å². The zero-order valence-electron chi connectivity index (χ0n) is 18.1. The molecule has 0 aliphatic heterocycles. The van der Waals surface area contributed by atoms with Gasteiger partial charge in [-0.05, 0) is 11.8 Å². The largest absolute Gasteiger partial charge is 0.165 e. The number of hydrogen-bond donors (Lipinski definition) is 0. The standard InChI is InChI=1S/2C12H13.C2H6Si.Hf/c2*1-9(2)12-7-10-5-3-4-6-11(10)8-12;1-3-2;/h2*3-9H,1-2H3;1-2H3;/q2*-1;;. The Labute approximate surface area is 192 Å². The first-order chi connectivity index (χ1) is 13.0. The van der Waals surface area contributed by atoms with Crippen LogP contribution in [0.1, 0.15) is 50.7 Å². The molecule has 0 unspecified atom stereocenters. The molecule has 0 aliphatic carbocycles. The van der Waals surface area contributed by atoms with E-state index in [9.17, 15) is 0 Å². The molecule has 146 valence electrons. The first-order valence-electron chi connectivity index (χ1n) is 9.85. The zero-order valence-corrected chi connectivity index (χ0v) is 22.7. The van der Waals surface area contributed by atoms with E-state index in [1.165, 1.54) is 32.7 Å². The molecule has 0 saturated carbocycles. The second kappa shape index (κ2) is 12.3. The average molecular weight is 551 g/mol. The van der Waals surface area contributed by atoms with Crippen molar-refractivity contribution in [3.63, 3.8) is 0 Å². The van der Waals surface area contributed by atoms with Gasteiger partial charge in [0.2, 0.25) is 0 Å². The van der Waals surface area contributed by atoms with E-state index in [0.29, 0.717) is 11.8 Å². The summed E-state index contributed by atoms with van der Waals surface area (Å²) >= 11 is 0. The van der Waals surface area contributed by atoms with Gasteiger partial charge in [-0.25, -0.2) is 0 Å². The maximum Gasteiger partial charge on any atom is 0.0307 e. The minimum absolute atomic E-state index is 0. The molecule has 0 amide bonds. The molecule has 0 heterocycles. The number of fused-ring (bicyclic) bond motifs is 2. The summed E-state index contributed by atoms with van der Waals surface area (Å²) in [6, 6.07) is 26.1. The van der Waals surface area contributed by atoms with Crippen molar-refractivity contribution >= 4 is 31.1 Å². The Morgan fingerprint density at radius 2 is 0.964 bits per heavy atom. The van der Waals surface area contributed by atoms with Gasteiger partial charge in [-0.15, -0.1) is 81.2 Å². The SMILES string of the molecule is CC(C)c1cc2ccccc2[cH-]1.CC(C)c1cc2ccccc2[cH-]1.C[Si]C.[Hf]. The van der Waals surface area contributed by atoms with Gasteiger partial charge >= 0.3 is 0 Å². The van der Waals surface area contributed by atoms with Crippen LogP contribution in [-0.4, -0.2) is 9.52 Å². The Bertz CT molecular complexity index is 799. The van der Waals surface area contributed by atoms with Gasteiger partial charge in [0.15, 0.2) is 0 Å². The van der Waals surface area contributed by atoms with Gasteiger partial charge in [0.05, 0.1) is 0 Å². The Hall–Kier alpha value is -1.25. The molecule has 0 aromatic heterocycles. The molecule has 4 aromatic rings. The fourth-order valence-corrected chi connectivity index (χ4v) is 3.02. The number of hydrogen-bond acceptors (Lipinski definition) is 0. The Kier molecular flexibility index (Phi) is 10.9. The summed E-state index contributed by atoms with van der Waals surface area (Å²) in [5, 5.41) is 5.45. The number of rotatable bonds is 2. The molecular weight excluding hydrogens is 519 g/mol. The van der Waals surface area contributed by atoms with E-state index in [1.54, 1.807) is 0 Å². The molecule has 4 aromatic carbocycles. The molecule has 0 N–H and O–H groups in total. The first kappa shape index (κ1) is 24.8. The fraction of sp³-hybridized carbons (Fsp3) is 0.308. The van der Waals surface area contributed by atoms with E-state index < -0.39 is 0 Å². The Morgan fingerprint density at radius 3 is 1.25 bits per heavy atom. The molecule has 0 nitrogen and oxygen atoms in total. The molecule has 0 spiro atoms. The predicted octanol–water partition coefficient (Wildman–Crippen LogP) is 8.15. The van der Waals surface area contributed by atoms with E-state index >= 15 is 0 Å². The van der Waals surface area contributed by atoms with Crippen molar-refractivity contribution < 1.29 is 25.8 Å². The third-order valence-corrected chi connectivity index (χ3v) is 4.61. The number of benzene rings is 2. The van der Waals surface area contributed by atoms with E-state index in [0.717, 1.165) is 9.52 Å². The average Bonchev–Trinajstić information content (AvgIpc) is 3.27. The van der Waals surface area contributed by atoms with Gasteiger partial charge in [0, 0.05) is 35.4 Å². The second-order valence-electron chi connectivity index (χ2n) is 7.64. The third kappa shape index (κ3) is 6.97. The van der Waals surface area contributed by atoms with Gasteiger partial charge in [-0.2, -0.15) is 12.1 Å². The summed E-state index contributed by atoms with van der Waals surface area (Å²) in [6.45, 7) is 13.2. The monoisotopic (exact) mass is 552 g/mol. The smallest absolute Gasteiger partial charge is 0.0307 e. The van der Waals surface area contributed by atoms with Crippen molar-refractivity contribution in [2.24, 2.45) is 0 Å². The Morgan fingerprint density at radius 1 is 0.643 bits per heavy atom. The maximum absolute atomic E-state index is 2.28. The predicted molar refractivity (Wildman–Crippen MR) is 125 cm³/mol. The molecule has 4 rings (SSSR count). The van der Waals surface area contributed by atoms with E-state index in [4.69, 9.17) is 0 Å². The van der Waals surface area contributed by atoms with Crippen LogP contribution < -0.4 is 0 Å². The van der Waals surface area contributed by atoms with Crippen molar-refractivity contribution in [1.29, 1.82) is 0 Å². The molecule has 0 atom stereocenters. The summed E-state index contributed by atoms with van der Waals surface area (Å²) in [7, 11) is 1.08. The van der Waals surface area contributed by atoms with Crippen molar-refractivity contribution in [2.75, 3.05) is 0 Å². The molecule has 2 heteroatoms. The van der Waals surface area contributed by atoms with Crippen LogP contribution in [-0.2, 0) is 25.8 Å². The van der Waals surface area contributed by atoms with Crippen LogP contribution in [0.25, 0.3) is 21.5 Å². The van der Waals surface area contributed by atoms with Crippen LogP contribution in [0.4, 0.5) is 0 Å². The van der Waals surface area contributed by atoms with Gasteiger partial charge in [0.1, 0.15) is 0 Å². The molecular formula is C26H32HfSi-2. The molecule has 0 saturated heterocycles. The van der Waals surface area contributed by atoms with Crippen LogP contribution in [0.2, 0.25) is 13.1 Å². The van der Waals surface area contributed by atoms with Crippen LogP contribution in [0, 0.1) is 0 Å². The fourth-order valence-electron chi connectivity index (χ4n) is 3.02. The summed E-state index contributed by atoms with van der Waals surface area (Å²) in [5.74, 6) is 1.27. The quantitative estimate of drug-likeness (QED) is 0.174. The maximum atomic E-state index is 2.28. The zero-order chi connectivity index (χ0) is 19.8. The van der Waals surface area contributed by atoms with Gasteiger partial charge in [-0.1, -0.05) is 52.9 Å².